The van der Waals surface area contributed by atoms with Gasteiger partial charge in [-0.05, 0) is 31.5 Å². The van der Waals surface area contributed by atoms with E-state index in [2.05, 4.69) is 4.74 Å². The van der Waals surface area contributed by atoms with Gasteiger partial charge >= 0.3 is 11.6 Å². The van der Waals surface area contributed by atoms with Gasteiger partial charge in [-0.1, -0.05) is 0 Å². The Morgan fingerprint density at radius 3 is 2.76 bits per heavy atom. The molecule has 1 aromatic carbocycles. The number of carbonyl (C=O) groups excluding carboxylic acids is 1. The minimum absolute atomic E-state index is 0.277. The molecule has 0 amide bonds. The Hall–Kier alpha value is -2.34. The van der Waals surface area contributed by atoms with E-state index in [-0.39, 0.29) is 6.61 Å². The lowest BCUT2D eigenvalue weighted by atomic mass is 10.1. The van der Waals surface area contributed by atoms with Gasteiger partial charge in [0.25, 0.3) is 0 Å². The van der Waals surface area contributed by atoms with Crippen molar-refractivity contribution in [3.63, 3.8) is 0 Å². The van der Waals surface area contributed by atoms with Crippen molar-refractivity contribution in [2.75, 3.05) is 13.7 Å². The van der Waals surface area contributed by atoms with Crippen LogP contribution in [0.15, 0.2) is 33.5 Å². The molecule has 1 heterocycles. The maximum absolute atomic E-state index is 11.4. The molecule has 1 N–H and O–H groups in total. The fraction of sp³-hybridized carbons (Fsp3) is 0.333. The second-order valence-electron chi connectivity index (χ2n) is 4.96. The maximum atomic E-state index is 11.4. The number of ether oxygens (including phenoxy) is 2. The van der Waals surface area contributed by atoms with Crippen LogP contribution in [0.5, 0.6) is 5.75 Å². The standard InChI is InChI=1S/C15H16O6/c1-9-6-13(16)21-12-7-10(4-5-11(9)12)20-8-15(2,18)14(17)19-3/h4-7,18H,8H2,1-3H3. The van der Waals surface area contributed by atoms with Crippen molar-refractivity contribution in [2.24, 2.45) is 0 Å². The van der Waals surface area contributed by atoms with E-state index >= 15 is 0 Å². The van der Waals surface area contributed by atoms with Crippen LogP contribution < -0.4 is 10.4 Å². The molecule has 0 saturated carbocycles. The fourth-order valence-corrected chi connectivity index (χ4v) is 1.90. The minimum Gasteiger partial charge on any atom is -0.490 e. The number of carbonyl (C=O) groups is 1. The number of methoxy groups -OCH3 is 1. The molecule has 2 aromatic rings. The van der Waals surface area contributed by atoms with E-state index in [0.717, 1.165) is 10.9 Å². The average Bonchev–Trinajstić information content (AvgIpc) is 2.43. The van der Waals surface area contributed by atoms with Crippen LogP contribution in [0, 0.1) is 6.92 Å². The number of hydrogen-bond acceptors (Lipinski definition) is 6. The van der Waals surface area contributed by atoms with Gasteiger partial charge in [-0.15, -0.1) is 0 Å². The Morgan fingerprint density at radius 1 is 1.38 bits per heavy atom. The van der Waals surface area contributed by atoms with E-state index in [1.807, 2.05) is 6.92 Å². The van der Waals surface area contributed by atoms with Crippen LogP contribution in [0.4, 0.5) is 0 Å². The molecular formula is C15H16O6. The molecule has 0 fully saturated rings. The fourth-order valence-electron chi connectivity index (χ4n) is 1.90. The number of aliphatic hydroxyl groups is 1. The number of hydrogen-bond donors (Lipinski definition) is 1. The largest absolute Gasteiger partial charge is 0.490 e. The summed E-state index contributed by atoms with van der Waals surface area (Å²) in [5, 5.41) is 10.7. The Balaban J connectivity index is 2.24. The molecular weight excluding hydrogens is 276 g/mol. The van der Waals surface area contributed by atoms with Gasteiger partial charge < -0.3 is 19.0 Å². The van der Waals surface area contributed by atoms with Crippen molar-refractivity contribution in [3.05, 3.63) is 40.2 Å². The Morgan fingerprint density at radius 2 is 2.10 bits per heavy atom. The summed E-state index contributed by atoms with van der Waals surface area (Å²) in [5.41, 5.74) is -1.01. The van der Waals surface area contributed by atoms with Crippen LogP contribution in [-0.2, 0) is 9.53 Å². The summed E-state index contributed by atoms with van der Waals surface area (Å²) < 4.78 is 14.9. The summed E-state index contributed by atoms with van der Waals surface area (Å²) in [6.07, 6.45) is 0. The van der Waals surface area contributed by atoms with E-state index in [4.69, 9.17) is 9.15 Å². The molecule has 0 aliphatic carbocycles. The van der Waals surface area contributed by atoms with Crippen LogP contribution >= 0.6 is 0 Å². The molecule has 2 rings (SSSR count). The Kier molecular flexibility index (Phi) is 3.99. The van der Waals surface area contributed by atoms with Crippen LogP contribution in [-0.4, -0.2) is 30.4 Å². The highest BCUT2D eigenvalue weighted by molar-refractivity contribution is 5.81. The smallest absolute Gasteiger partial charge is 0.341 e. The number of rotatable bonds is 4. The zero-order valence-electron chi connectivity index (χ0n) is 12.0. The normalized spacial score (nSPS) is 13.7. The lowest BCUT2D eigenvalue weighted by Gasteiger charge is -2.20. The van der Waals surface area contributed by atoms with Crippen LogP contribution in [0.2, 0.25) is 0 Å². The van der Waals surface area contributed by atoms with Gasteiger partial charge in [-0.2, -0.15) is 0 Å². The predicted molar refractivity (Wildman–Crippen MR) is 75.4 cm³/mol. The molecule has 0 aliphatic heterocycles. The molecule has 0 saturated heterocycles. The maximum Gasteiger partial charge on any atom is 0.341 e. The third kappa shape index (κ3) is 3.22. The molecule has 0 radical (unpaired) electrons. The summed E-state index contributed by atoms with van der Waals surface area (Å²) in [6.45, 7) is 2.83. The third-order valence-corrected chi connectivity index (χ3v) is 3.07. The summed E-state index contributed by atoms with van der Waals surface area (Å²) >= 11 is 0. The monoisotopic (exact) mass is 292 g/mol. The summed E-state index contributed by atoms with van der Waals surface area (Å²) in [4.78, 5) is 22.7. The summed E-state index contributed by atoms with van der Waals surface area (Å²) in [6, 6.07) is 6.36. The number of aryl methyl sites for hydroxylation is 1. The molecule has 0 spiro atoms. The van der Waals surface area contributed by atoms with Gasteiger partial charge in [0, 0.05) is 17.5 Å². The lowest BCUT2D eigenvalue weighted by molar-refractivity contribution is -0.163. The van der Waals surface area contributed by atoms with Gasteiger partial charge in [0.05, 0.1) is 7.11 Å². The molecule has 1 aromatic heterocycles. The van der Waals surface area contributed by atoms with Crippen LogP contribution in [0.1, 0.15) is 12.5 Å². The first-order valence-electron chi connectivity index (χ1n) is 6.31. The van der Waals surface area contributed by atoms with Crippen molar-refractivity contribution in [1.82, 2.24) is 0 Å². The van der Waals surface area contributed by atoms with Crippen LogP contribution in [0.3, 0.4) is 0 Å². The average molecular weight is 292 g/mol. The third-order valence-electron chi connectivity index (χ3n) is 3.07. The van der Waals surface area contributed by atoms with E-state index in [9.17, 15) is 14.7 Å². The van der Waals surface area contributed by atoms with Gasteiger partial charge in [0.1, 0.15) is 17.9 Å². The van der Waals surface area contributed by atoms with Gasteiger partial charge in [-0.25, -0.2) is 9.59 Å². The summed E-state index contributed by atoms with van der Waals surface area (Å²) in [5.74, 6) is -0.411. The highest BCUT2D eigenvalue weighted by Gasteiger charge is 2.32. The van der Waals surface area contributed by atoms with Crippen molar-refractivity contribution < 1.29 is 23.8 Å². The molecule has 112 valence electrons. The molecule has 1 unspecified atom stereocenters. The second-order valence-corrected chi connectivity index (χ2v) is 4.96. The SMILES string of the molecule is COC(=O)C(C)(O)COc1ccc2c(C)cc(=O)oc2c1. The molecule has 6 nitrogen and oxygen atoms in total. The highest BCUT2D eigenvalue weighted by Crippen LogP contribution is 2.23. The van der Waals surface area contributed by atoms with E-state index in [1.165, 1.54) is 26.2 Å². The summed E-state index contributed by atoms with van der Waals surface area (Å²) in [7, 11) is 1.18. The first kappa shape index (κ1) is 15.1. The Labute approximate surface area is 120 Å². The van der Waals surface area contributed by atoms with Crippen molar-refractivity contribution >= 4 is 16.9 Å². The molecule has 21 heavy (non-hydrogen) atoms. The van der Waals surface area contributed by atoms with Crippen molar-refractivity contribution in [1.29, 1.82) is 0 Å². The number of esters is 1. The lowest BCUT2D eigenvalue weighted by Crippen LogP contribution is -2.42. The van der Waals surface area contributed by atoms with Gasteiger partial charge in [0.15, 0.2) is 5.60 Å². The van der Waals surface area contributed by atoms with Gasteiger partial charge in [0.2, 0.25) is 0 Å². The molecule has 0 aliphatic rings. The number of benzene rings is 1. The first-order valence-corrected chi connectivity index (χ1v) is 6.31. The molecule has 1 atom stereocenters. The predicted octanol–water partition coefficient (Wildman–Crippen LogP) is 1.40. The molecule has 0 bridgehead atoms. The zero-order valence-corrected chi connectivity index (χ0v) is 12.0. The second kappa shape index (κ2) is 5.57. The van der Waals surface area contributed by atoms with E-state index in [0.29, 0.717) is 11.3 Å². The Bertz CT molecular complexity index is 729. The topological polar surface area (TPSA) is 86.0 Å². The quantitative estimate of drug-likeness (QED) is 0.677. The zero-order chi connectivity index (χ0) is 15.6. The highest BCUT2D eigenvalue weighted by atomic mass is 16.6. The van der Waals surface area contributed by atoms with Gasteiger partial charge in [-0.3, -0.25) is 0 Å². The first-order chi connectivity index (χ1) is 9.83. The van der Waals surface area contributed by atoms with Crippen molar-refractivity contribution in [2.45, 2.75) is 19.4 Å². The van der Waals surface area contributed by atoms with Crippen LogP contribution in [0.25, 0.3) is 11.0 Å². The minimum atomic E-state index is -1.75. The van der Waals surface area contributed by atoms with Crippen molar-refractivity contribution in [3.8, 4) is 5.75 Å². The van der Waals surface area contributed by atoms with E-state index < -0.39 is 17.2 Å². The molecule has 6 heteroatoms. The number of fused-ring (bicyclic) bond motifs is 1. The van der Waals surface area contributed by atoms with E-state index in [1.54, 1.807) is 12.1 Å².